The molecular weight excluding hydrogens is 290 g/mol. The standard InChI is InChI=1S/C16H14ClNO3/c1-11-5-6-13(17)8-15(11)18-16(20)10-21-14-4-2-3-12(7-14)9-19/h2-9H,10H2,1H3,(H,18,20). The fourth-order valence-corrected chi connectivity index (χ4v) is 1.91. The van der Waals surface area contributed by atoms with Crippen molar-refractivity contribution in [3.8, 4) is 5.75 Å². The SMILES string of the molecule is Cc1ccc(Cl)cc1NC(=O)COc1cccc(C=O)c1. The normalized spacial score (nSPS) is 10.0. The Bertz CT molecular complexity index is 670. The molecule has 4 nitrogen and oxygen atoms in total. The first-order valence-corrected chi connectivity index (χ1v) is 6.70. The van der Waals surface area contributed by atoms with Gasteiger partial charge in [0.25, 0.3) is 5.91 Å². The Kier molecular flexibility index (Phi) is 4.95. The van der Waals surface area contributed by atoms with Crippen LogP contribution in [0.1, 0.15) is 15.9 Å². The van der Waals surface area contributed by atoms with Crippen LogP contribution in [0.25, 0.3) is 0 Å². The molecule has 0 heterocycles. The third kappa shape index (κ3) is 4.33. The van der Waals surface area contributed by atoms with Crippen LogP contribution < -0.4 is 10.1 Å². The van der Waals surface area contributed by atoms with Crippen LogP contribution in [0.4, 0.5) is 5.69 Å². The monoisotopic (exact) mass is 303 g/mol. The second kappa shape index (κ2) is 6.90. The number of hydrogen-bond donors (Lipinski definition) is 1. The molecule has 21 heavy (non-hydrogen) atoms. The second-order valence-electron chi connectivity index (χ2n) is 4.49. The van der Waals surface area contributed by atoms with E-state index < -0.39 is 0 Å². The predicted octanol–water partition coefficient (Wildman–Crippen LogP) is 3.48. The predicted molar refractivity (Wildman–Crippen MR) is 82.1 cm³/mol. The number of ether oxygens (including phenoxy) is 1. The van der Waals surface area contributed by atoms with Crippen LogP contribution in [0.15, 0.2) is 42.5 Å². The molecule has 0 spiro atoms. The average Bonchev–Trinajstić information content (AvgIpc) is 2.49. The van der Waals surface area contributed by atoms with Gasteiger partial charge in [0.1, 0.15) is 12.0 Å². The van der Waals surface area contributed by atoms with E-state index in [1.54, 1.807) is 36.4 Å². The Labute approximate surface area is 127 Å². The average molecular weight is 304 g/mol. The maximum Gasteiger partial charge on any atom is 0.262 e. The van der Waals surface area contributed by atoms with Crippen LogP contribution in [0, 0.1) is 6.92 Å². The molecule has 0 saturated carbocycles. The number of halogens is 1. The van der Waals surface area contributed by atoms with Crippen molar-refractivity contribution in [2.75, 3.05) is 11.9 Å². The van der Waals surface area contributed by atoms with Gasteiger partial charge in [-0.15, -0.1) is 0 Å². The van der Waals surface area contributed by atoms with Crippen LogP contribution in [0.2, 0.25) is 5.02 Å². The summed E-state index contributed by atoms with van der Waals surface area (Å²) < 4.78 is 5.35. The van der Waals surface area contributed by atoms with Crippen molar-refractivity contribution in [2.45, 2.75) is 6.92 Å². The first-order chi connectivity index (χ1) is 10.1. The topological polar surface area (TPSA) is 55.4 Å². The van der Waals surface area contributed by atoms with E-state index in [2.05, 4.69) is 5.32 Å². The molecule has 5 heteroatoms. The van der Waals surface area contributed by atoms with E-state index in [0.717, 1.165) is 11.8 Å². The van der Waals surface area contributed by atoms with Gasteiger partial charge < -0.3 is 10.1 Å². The summed E-state index contributed by atoms with van der Waals surface area (Å²) in [5.74, 6) is 0.175. The van der Waals surface area contributed by atoms with Gasteiger partial charge in [0, 0.05) is 16.3 Å². The molecule has 108 valence electrons. The maximum atomic E-state index is 11.9. The molecule has 1 amide bonds. The van der Waals surface area contributed by atoms with Crippen LogP contribution in [0.3, 0.4) is 0 Å². The molecule has 0 unspecified atom stereocenters. The van der Waals surface area contributed by atoms with Crippen LogP contribution in [0.5, 0.6) is 5.75 Å². The number of benzene rings is 2. The maximum absolute atomic E-state index is 11.9. The molecule has 0 radical (unpaired) electrons. The number of rotatable bonds is 5. The van der Waals surface area contributed by atoms with E-state index in [0.29, 0.717) is 22.0 Å². The second-order valence-corrected chi connectivity index (χ2v) is 4.92. The first-order valence-electron chi connectivity index (χ1n) is 6.32. The molecular formula is C16H14ClNO3. The number of carbonyl (C=O) groups excluding carboxylic acids is 2. The van der Waals surface area contributed by atoms with Crippen molar-refractivity contribution in [3.05, 3.63) is 58.6 Å². The quantitative estimate of drug-likeness (QED) is 0.860. The van der Waals surface area contributed by atoms with E-state index in [1.165, 1.54) is 0 Å². The third-order valence-corrected chi connectivity index (χ3v) is 3.07. The molecule has 2 aromatic rings. The summed E-state index contributed by atoms with van der Waals surface area (Å²) in [6.07, 6.45) is 0.724. The van der Waals surface area contributed by atoms with Gasteiger partial charge in [0.05, 0.1) is 0 Å². The highest BCUT2D eigenvalue weighted by molar-refractivity contribution is 6.31. The van der Waals surface area contributed by atoms with E-state index in [4.69, 9.17) is 16.3 Å². The van der Waals surface area contributed by atoms with Gasteiger partial charge in [-0.25, -0.2) is 0 Å². The molecule has 0 atom stereocenters. The highest BCUT2D eigenvalue weighted by Crippen LogP contribution is 2.20. The third-order valence-electron chi connectivity index (χ3n) is 2.84. The van der Waals surface area contributed by atoms with Crippen molar-refractivity contribution < 1.29 is 14.3 Å². The summed E-state index contributed by atoms with van der Waals surface area (Å²) in [4.78, 5) is 22.5. The number of aldehydes is 1. The van der Waals surface area contributed by atoms with Crippen molar-refractivity contribution in [1.29, 1.82) is 0 Å². The lowest BCUT2D eigenvalue weighted by atomic mass is 10.2. The molecule has 0 aliphatic carbocycles. The molecule has 1 N–H and O–H groups in total. The van der Waals surface area contributed by atoms with Crippen molar-refractivity contribution in [2.24, 2.45) is 0 Å². The minimum atomic E-state index is -0.295. The van der Waals surface area contributed by atoms with Gasteiger partial charge >= 0.3 is 0 Å². The summed E-state index contributed by atoms with van der Waals surface area (Å²) in [7, 11) is 0. The summed E-state index contributed by atoms with van der Waals surface area (Å²) in [5.41, 5.74) is 2.06. The van der Waals surface area contributed by atoms with Crippen molar-refractivity contribution in [1.82, 2.24) is 0 Å². The lowest BCUT2D eigenvalue weighted by molar-refractivity contribution is -0.118. The van der Waals surface area contributed by atoms with Gasteiger partial charge in [-0.1, -0.05) is 29.8 Å². The highest BCUT2D eigenvalue weighted by atomic mass is 35.5. The van der Waals surface area contributed by atoms with E-state index in [1.807, 2.05) is 13.0 Å². The van der Waals surface area contributed by atoms with Gasteiger partial charge in [0.2, 0.25) is 0 Å². The number of hydrogen-bond acceptors (Lipinski definition) is 3. The Morgan fingerprint density at radius 3 is 2.86 bits per heavy atom. The van der Waals surface area contributed by atoms with Crippen molar-refractivity contribution >= 4 is 29.5 Å². The highest BCUT2D eigenvalue weighted by Gasteiger charge is 2.07. The smallest absolute Gasteiger partial charge is 0.262 e. The minimum absolute atomic E-state index is 0.145. The molecule has 0 saturated heterocycles. The number of nitrogens with one attached hydrogen (secondary N) is 1. The van der Waals surface area contributed by atoms with Gasteiger partial charge in [0.15, 0.2) is 6.61 Å². The number of aryl methyl sites for hydroxylation is 1. The fourth-order valence-electron chi connectivity index (χ4n) is 1.74. The number of carbonyl (C=O) groups is 2. The van der Waals surface area contributed by atoms with Crippen LogP contribution in [-0.4, -0.2) is 18.8 Å². The zero-order valence-corrected chi connectivity index (χ0v) is 12.2. The zero-order valence-electron chi connectivity index (χ0n) is 11.4. The first kappa shape index (κ1) is 15.1. The molecule has 0 aliphatic rings. The summed E-state index contributed by atoms with van der Waals surface area (Å²) in [5, 5.41) is 3.28. The van der Waals surface area contributed by atoms with E-state index in [-0.39, 0.29) is 12.5 Å². The van der Waals surface area contributed by atoms with E-state index in [9.17, 15) is 9.59 Å². The van der Waals surface area contributed by atoms with Gasteiger partial charge in [-0.2, -0.15) is 0 Å². The summed E-state index contributed by atoms with van der Waals surface area (Å²) >= 11 is 5.89. The molecule has 0 fully saturated rings. The van der Waals surface area contributed by atoms with Gasteiger partial charge in [-0.05, 0) is 36.8 Å². The zero-order chi connectivity index (χ0) is 15.2. The molecule has 0 aliphatic heterocycles. The molecule has 2 rings (SSSR count). The van der Waals surface area contributed by atoms with Crippen LogP contribution >= 0.6 is 11.6 Å². The lowest BCUT2D eigenvalue weighted by Crippen LogP contribution is -2.20. The summed E-state index contributed by atoms with van der Waals surface area (Å²) in [6.45, 7) is 1.73. The number of amides is 1. The Balaban J connectivity index is 1.95. The Hall–Kier alpha value is -2.33. The van der Waals surface area contributed by atoms with Gasteiger partial charge in [-0.3, -0.25) is 9.59 Å². The van der Waals surface area contributed by atoms with E-state index >= 15 is 0 Å². The molecule has 0 bridgehead atoms. The van der Waals surface area contributed by atoms with Crippen molar-refractivity contribution in [3.63, 3.8) is 0 Å². The molecule has 2 aromatic carbocycles. The Morgan fingerprint density at radius 2 is 2.10 bits per heavy atom. The summed E-state index contributed by atoms with van der Waals surface area (Å²) in [6, 6.07) is 11.9. The molecule has 0 aromatic heterocycles. The fraction of sp³-hybridized carbons (Fsp3) is 0.125. The Morgan fingerprint density at radius 1 is 1.29 bits per heavy atom. The minimum Gasteiger partial charge on any atom is -0.484 e. The largest absolute Gasteiger partial charge is 0.484 e. The number of anilines is 1. The van der Waals surface area contributed by atoms with Crippen LogP contribution in [-0.2, 0) is 4.79 Å². The lowest BCUT2D eigenvalue weighted by Gasteiger charge is -2.10.